The number of carbonyl (C=O) groups is 2. The van der Waals surface area contributed by atoms with Gasteiger partial charge in [0.15, 0.2) is 11.5 Å². The molecule has 4 rings (SSSR count). The van der Waals surface area contributed by atoms with Gasteiger partial charge in [-0.05, 0) is 48.4 Å². The Hall–Kier alpha value is -3.52. The first-order valence-electron chi connectivity index (χ1n) is 10.1. The Balaban J connectivity index is 1.45. The van der Waals surface area contributed by atoms with E-state index in [0.29, 0.717) is 40.7 Å². The number of carbonyl (C=O) groups excluding carboxylic acids is 2. The van der Waals surface area contributed by atoms with Crippen LogP contribution >= 0.6 is 11.8 Å². The van der Waals surface area contributed by atoms with Crippen molar-refractivity contribution in [1.82, 2.24) is 10.3 Å². The van der Waals surface area contributed by atoms with Gasteiger partial charge in [-0.1, -0.05) is 30.0 Å². The van der Waals surface area contributed by atoms with Crippen molar-refractivity contribution in [3.05, 3.63) is 71.9 Å². The summed E-state index contributed by atoms with van der Waals surface area (Å²) >= 11 is 1.43. The molecule has 0 bridgehead atoms. The molecule has 2 heterocycles. The second-order valence-electron chi connectivity index (χ2n) is 7.11. The standard InChI is InChI=1S/C24H23N3O4S/c1-30-19-10-9-16(14-20(19)31-2)11-13-25-22(28)15-27-18-7-5-12-26-23(18)32-21-8-4-3-6-17(21)24(27)29/h3-10,12,14H,11,13,15H2,1-2H3,(H,25,28). The van der Waals surface area contributed by atoms with Crippen LogP contribution in [-0.4, -0.2) is 44.1 Å². The monoisotopic (exact) mass is 449 g/mol. The Morgan fingerprint density at radius 3 is 2.69 bits per heavy atom. The lowest BCUT2D eigenvalue weighted by Gasteiger charge is -2.22. The molecule has 3 aromatic rings. The Kier molecular flexibility index (Phi) is 6.61. The van der Waals surface area contributed by atoms with E-state index in [-0.39, 0.29) is 18.4 Å². The van der Waals surface area contributed by atoms with Crippen LogP contribution in [0, 0.1) is 0 Å². The van der Waals surface area contributed by atoms with E-state index in [9.17, 15) is 9.59 Å². The Labute approximate surface area is 190 Å². The topological polar surface area (TPSA) is 80.8 Å². The molecule has 164 valence electrons. The number of fused-ring (bicyclic) bond motifs is 2. The van der Waals surface area contributed by atoms with Crippen molar-refractivity contribution in [3.8, 4) is 11.5 Å². The normalized spacial score (nSPS) is 12.4. The lowest BCUT2D eigenvalue weighted by atomic mass is 10.1. The zero-order chi connectivity index (χ0) is 22.5. The lowest BCUT2D eigenvalue weighted by molar-refractivity contribution is -0.119. The molecule has 0 aliphatic carbocycles. The van der Waals surface area contributed by atoms with Crippen molar-refractivity contribution in [2.75, 3.05) is 32.2 Å². The second-order valence-corrected chi connectivity index (χ2v) is 8.14. The molecule has 2 aromatic carbocycles. The predicted octanol–water partition coefficient (Wildman–Crippen LogP) is 3.57. The van der Waals surface area contributed by atoms with E-state index in [1.165, 1.54) is 16.7 Å². The van der Waals surface area contributed by atoms with Gasteiger partial charge in [0, 0.05) is 17.6 Å². The number of benzene rings is 2. The fourth-order valence-electron chi connectivity index (χ4n) is 3.50. The highest BCUT2D eigenvalue weighted by Gasteiger charge is 2.29. The lowest BCUT2D eigenvalue weighted by Crippen LogP contribution is -2.41. The van der Waals surface area contributed by atoms with Gasteiger partial charge in [-0.2, -0.15) is 0 Å². The van der Waals surface area contributed by atoms with Gasteiger partial charge in [0.2, 0.25) is 5.91 Å². The highest BCUT2D eigenvalue weighted by molar-refractivity contribution is 7.99. The molecular weight excluding hydrogens is 426 g/mol. The summed E-state index contributed by atoms with van der Waals surface area (Å²) < 4.78 is 10.6. The van der Waals surface area contributed by atoms with E-state index in [2.05, 4.69) is 10.3 Å². The summed E-state index contributed by atoms with van der Waals surface area (Å²) in [6.07, 6.45) is 2.31. The summed E-state index contributed by atoms with van der Waals surface area (Å²) in [4.78, 5) is 32.7. The molecule has 7 nitrogen and oxygen atoms in total. The molecule has 0 fully saturated rings. The second kappa shape index (κ2) is 9.74. The summed E-state index contributed by atoms with van der Waals surface area (Å²) in [6.45, 7) is 0.347. The molecule has 2 amide bonds. The minimum absolute atomic E-state index is 0.0850. The first kappa shape index (κ1) is 21.7. The Morgan fingerprint density at radius 2 is 1.88 bits per heavy atom. The molecule has 32 heavy (non-hydrogen) atoms. The summed E-state index contributed by atoms with van der Waals surface area (Å²) in [5, 5.41) is 3.61. The molecule has 0 spiro atoms. The molecule has 1 aromatic heterocycles. The Bertz CT molecular complexity index is 1150. The minimum atomic E-state index is -0.238. The molecule has 0 unspecified atom stereocenters. The van der Waals surface area contributed by atoms with Crippen molar-refractivity contribution in [3.63, 3.8) is 0 Å². The molecule has 0 saturated carbocycles. The maximum Gasteiger partial charge on any atom is 0.259 e. The quantitative estimate of drug-likeness (QED) is 0.594. The number of amides is 2. The van der Waals surface area contributed by atoms with Gasteiger partial charge in [-0.3, -0.25) is 14.5 Å². The van der Waals surface area contributed by atoms with Crippen molar-refractivity contribution in [2.45, 2.75) is 16.3 Å². The Morgan fingerprint density at radius 1 is 1.06 bits per heavy atom. The number of nitrogens with zero attached hydrogens (tertiary/aromatic N) is 2. The van der Waals surface area contributed by atoms with Gasteiger partial charge >= 0.3 is 0 Å². The molecule has 0 saturated heterocycles. The summed E-state index contributed by atoms with van der Waals surface area (Å²) in [6, 6.07) is 16.6. The predicted molar refractivity (Wildman–Crippen MR) is 123 cm³/mol. The van der Waals surface area contributed by atoms with E-state index in [0.717, 1.165) is 10.5 Å². The maximum atomic E-state index is 13.2. The van der Waals surface area contributed by atoms with Crippen LogP contribution in [0.2, 0.25) is 0 Å². The zero-order valence-corrected chi connectivity index (χ0v) is 18.6. The average molecular weight is 450 g/mol. The highest BCUT2D eigenvalue weighted by atomic mass is 32.2. The third-order valence-electron chi connectivity index (χ3n) is 5.10. The summed E-state index contributed by atoms with van der Waals surface area (Å²) in [5.41, 5.74) is 2.20. The van der Waals surface area contributed by atoms with Gasteiger partial charge in [0.05, 0.1) is 25.5 Å². The highest BCUT2D eigenvalue weighted by Crippen LogP contribution is 2.39. The number of rotatable bonds is 7. The number of hydrogen-bond donors (Lipinski definition) is 1. The fraction of sp³-hybridized carbons (Fsp3) is 0.208. The maximum absolute atomic E-state index is 13.2. The van der Waals surface area contributed by atoms with Crippen LogP contribution in [0.3, 0.4) is 0 Å². The van der Waals surface area contributed by atoms with E-state index in [1.807, 2.05) is 42.5 Å². The van der Waals surface area contributed by atoms with Gasteiger partial charge in [0.1, 0.15) is 11.6 Å². The van der Waals surface area contributed by atoms with Gasteiger partial charge in [0.25, 0.3) is 5.91 Å². The van der Waals surface area contributed by atoms with Gasteiger partial charge in [-0.15, -0.1) is 0 Å². The number of pyridine rings is 1. The van der Waals surface area contributed by atoms with E-state index < -0.39 is 0 Å². The van der Waals surface area contributed by atoms with Crippen molar-refractivity contribution < 1.29 is 19.1 Å². The number of hydrogen-bond acceptors (Lipinski definition) is 6. The fourth-order valence-corrected chi connectivity index (χ4v) is 4.51. The van der Waals surface area contributed by atoms with Crippen LogP contribution in [0.1, 0.15) is 15.9 Å². The zero-order valence-electron chi connectivity index (χ0n) is 17.8. The largest absolute Gasteiger partial charge is 0.493 e. The molecule has 0 radical (unpaired) electrons. The number of aromatic nitrogens is 1. The van der Waals surface area contributed by atoms with Gasteiger partial charge < -0.3 is 14.8 Å². The summed E-state index contributed by atoms with van der Waals surface area (Å²) in [7, 11) is 3.18. The molecule has 1 aliphatic heterocycles. The minimum Gasteiger partial charge on any atom is -0.493 e. The molecule has 1 aliphatic rings. The van der Waals surface area contributed by atoms with Crippen molar-refractivity contribution in [2.24, 2.45) is 0 Å². The third kappa shape index (κ3) is 4.55. The smallest absolute Gasteiger partial charge is 0.259 e. The molecular formula is C24H23N3O4S. The third-order valence-corrected chi connectivity index (χ3v) is 6.18. The van der Waals surface area contributed by atoms with Gasteiger partial charge in [-0.25, -0.2) is 4.98 Å². The molecule has 8 heteroatoms. The van der Waals surface area contributed by atoms with Crippen LogP contribution in [0.15, 0.2) is 70.7 Å². The van der Waals surface area contributed by atoms with Crippen molar-refractivity contribution in [1.29, 1.82) is 0 Å². The van der Waals surface area contributed by atoms with E-state index >= 15 is 0 Å². The first-order chi connectivity index (χ1) is 15.6. The van der Waals surface area contributed by atoms with Crippen LogP contribution in [0.5, 0.6) is 11.5 Å². The van der Waals surface area contributed by atoms with E-state index in [1.54, 1.807) is 32.5 Å². The number of methoxy groups -OCH3 is 2. The van der Waals surface area contributed by atoms with E-state index in [4.69, 9.17) is 9.47 Å². The number of ether oxygens (including phenoxy) is 2. The SMILES string of the molecule is COc1ccc(CCNC(=O)CN2C(=O)c3ccccc3Sc3ncccc32)cc1OC. The first-order valence-corrected chi connectivity index (χ1v) is 10.9. The number of anilines is 1. The van der Waals surface area contributed by atoms with Crippen molar-refractivity contribution >= 4 is 29.3 Å². The molecule has 1 N–H and O–H groups in total. The van der Waals surface area contributed by atoms with Crippen LogP contribution in [-0.2, 0) is 11.2 Å². The molecule has 0 atom stereocenters. The van der Waals surface area contributed by atoms with Crippen LogP contribution in [0.25, 0.3) is 0 Å². The van der Waals surface area contributed by atoms with Crippen LogP contribution < -0.4 is 19.7 Å². The number of nitrogens with one attached hydrogen (secondary N) is 1. The van der Waals surface area contributed by atoms with Crippen LogP contribution in [0.4, 0.5) is 5.69 Å². The average Bonchev–Trinajstić information content (AvgIpc) is 2.93. The summed E-state index contributed by atoms with van der Waals surface area (Å²) in [5.74, 6) is 0.852.